The topological polar surface area (TPSA) is 102 Å². The van der Waals surface area contributed by atoms with Gasteiger partial charge in [0.1, 0.15) is 11.4 Å². The molecule has 1 atom stereocenters. The summed E-state index contributed by atoms with van der Waals surface area (Å²) in [6, 6.07) is 15.2. The molecule has 3 rings (SSSR count). The summed E-state index contributed by atoms with van der Waals surface area (Å²) in [4.78, 5) is 40.0. The monoisotopic (exact) mass is 563 g/mol. The molecule has 0 radical (unpaired) electrons. The fraction of sp³-hybridized carbons (Fsp3) is 0.375. The second kappa shape index (κ2) is 13.5. The Balaban J connectivity index is 1.93. The smallest absolute Gasteiger partial charge is 0.308 e. The van der Waals surface area contributed by atoms with E-state index in [0.717, 1.165) is 5.56 Å². The molecule has 0 aliphatic heterocycles. The van der Waals surface area contributed by atoms with Crippen molar-refractivity contribution < 1.29 is 28.6 Å². The van der Waals surface area contributed by atoms with Crippen molar-refractivity contribution in [2.45, 2.75) is 71.6 Å². The number of amides is 1. The summed E-state index contributed by atoms with van der Waals surface area (Å²) in [5, 5.41) is 14.9. The van der Waals surface area contributed by atoms with Crippen LogP contribution in [0.1, 0.15) is 80.7 Å². The molecular formula is C32H38FN3O5. The molecule has 0 fully saturated rings. The Hall–Kier alpha value is -4.11. The molecule has 8 nitrogen and oxygen atoms in total. The minimum atomic E-state index is -1.21. The lowest BCUT2D eigenvalue weighted by molar-refractivity contribution is -0.157. The van der Waals surface area contributed by atoms with Crippen LogP contribution in [-0.4, -0.2) is 56.2 Å². The first-order chi connectivity index (χ1) is 19.2. The molecule has 218 valence electrons. The SMILES string of the molecule is CC(C)c1c(C(=O)N(C)Cc2ccccc2)nn(-c2ccc(F)cc2)c1/C=C/C(=O)C[C@@H](O)CC(=O)OC(C)(C)C. The molecule has 0 aliphatic rings. The quantitative estimate of drug-likeness (QED) is 0.245. The summed E-state index contributed by atoms with van der Waals surface area (Å²) in [5.74, 6) is -1.89. The van der Waals surface area contributed by atoms with Crippen LogP contribution in [-0.2, 0) is 20.9 Å². The highest BCUT2D eigenvalue weighted by Crippen LogP contribution is 2.29. The second-order valence-corrected chi connectivity index (χ2v) is 11.3. The predicted molar refractivity (Wildman–Crippen MR) is 155 cm³/mol. The Morgan fingerprint density at radius 1 is 1.05 bits per heavy atom. The van der Waals surface area contributed by atoms with Crippen LogP contribution >= 0.6 is 0 Å². The summed E-state index contributed by atoms with van der Waals surface area (Å²) in [5.41, 5.74) is 2.10. The van der Waals surface area contributed by atoms with Crippen molar-refractivity contribution in [3.05, 3.63) is 89.0 Å². The lowest BCUT2D eigenvalue weighted by Crippen LogP contribution is -2.27. The van der Waals surface area contributed by atoms with E-state index in [1.165, 1.54) is 35.0 Å². The van der Waals surface area contributed by atoms with E-state index in [1.807, 2.05) is 44.2 Å². The van der Waals surface area contributed by atoms with Crippen molar-refractivity contribution in [1.29, 1.82) is 0 Å². The summed E-state index contributed by atoms with van der Waals surface area (Å²) < 4.78 is 20.4. The lowest BCUT2D eigenvalue weighted by Gasteiger charge is -2.20. The van der Waals surface area contributed by atoms with Gasteiger partial charge in [0.25, 0.3) is 5.91 Å². The van der Waals surface area contributed by atoms with Crippen LogP contribution in [0.2, 0.25) is 0 Å². The minimum Gasteiger partial charge on any atom is -0.460 e. The molecule has 1 amide bonds. The first kappa shape index (κ1) is 31.4. The van der Waals surface area contributed by atoms with Gasteiger partial charge in [-0.25, -0.2) is 9.07 Å². The number of rotatable bonds is 11. The second-order valence-electron chi connectivity index (χ2n) is 11.3. The van der Waals surface area contributed by atoms with E-state index in [2.05, 4.69) is 5.10 Å². The van der Waals surface area contributed by atoms with Crippen molar-refractivity contribution in [1.82, 2.24) is 14.7 Å². The number of aromatic nitrogens is 2. The number of nitrogens with zero attached hydrogens (tertiary/aromatic N) is 3. The number of aliphatic hydroxyl groups excluding tert-OH is 1. The molecule has 1 N–H and O–H groups in total. The average molecular weight is 564 g/mol. The van der Waals surface area contributed by atoms with Crippen LogP contribution < -0.4 is 0 Å². The number of carbonyl (C=O) groups excluding carboxylic acids is 3. The third-order valence-electron chi connectivity index (χ3n) is 6.11. The molecule has 1 heterocycles. The number of aliphatic hydroxyl groups is 1. The third kappa shape index (κ3) is 8.94. The van der Waals surface area contributed by atoms with E-state index in [4.69, 9.17) is 4.74 Å². The van der Waals surface area contributed by atoms with Gasteiger partial charge in [0.05, 0.1) is 23.9 Å². The maximum atomic E-state index is 13.7. The van der Waals surface area contributed by atoms with Gasteiger partial charge in [0.2, 0.25) is 0 Å². The maximum absolute atomic E-state index is 13.7. The number of ketones is 1. The number of halogens is 1. The van der Waals surface area contributed by atoms with Crippen molar-refractivity contribution in [3.8, 4) is 5.69 Å². The van der Waals surface area contributed by atoms with Gasteiger partial charge in [0, 0.05) is 25.6 Å². The zero-order chi connectivity index (χ0) is 30.3. The summed E-state index contributed by atoms with van der Waals surface area (Å²) in [6.07, 6.45) is 1.03. The number of hydrogen-bond acceptors (Lipinski definition) is 6. The molecular weight excluding hydrogens is 525 g/mol. The van der Waals surface area contributed by atoms with Crippen LogP contribution in [0, 0.1) is 5.82 Å². The van der Waals surface area contributed by atoms with Crippen LogP contribution in [0.4, 0.5) is 4.39 Å². The Labute approximate surface area is 240 Å². The zero-order valence-corrected chi connectivity index (χ0v) is 24.4. The minimum absolute atomic E-state index is 0.152. The first-order valence-corrected chi connectivity index (χ1v) is 13.5. The van der Waals surface area contributed by atoms with Crippen LogP contribution in [0.25, 0.3) is 11.8 Å². The van der Waals surface area contributed by atoms with Crippen molar-refractivity contribution in [2.24, 2.45) is 0 Å². The standard InChI is InChI=1S/C32H38FN3O5/c1-21(2)29-27(17-16-25(37)18-26(38)19-28(39)41-32(3,4)5)36(24-14-12-23(33)13-15-24)34-30(29)31(40)35(6)20-22-10-8-7-9-11-22/h7-17,21,26,38H,18-20H2,1-6H3/b17-16+/t26-/m1/s1. The Kier molecular flexibility index (Phi) is 10.3. The molecule has 3 aromatic rings. The van der Waals surface area contributed by atoms with E-state index in [-0.39, 0.29) is 30.4 Å². The van der Waals surface area contributed by atoms with Crippen LogP contribution in [0.3, 0.4) is 0 Å². The maximum Gasteiger partial charge on any atom is 0.308 e. The number of carbonyl (C=O) groups is 3. The summed E-state index contributed by atoms with van der Waals surface area (Å²) in [6.45, 7) is 9.38. The third-order valence-corrected chi connectivity index (χ3v) is 6.11. The number of hydrogen-bond donors (Lipinski definition) is 1. The summed E-state index contributed by atoms with van der Waals surface area (Å²) in [7, 11) is 1.70. The molecule has 41 heavy (non-hydrogen) atoms. The van der Waals surface area contributed by atoms with Gasteiger partial charge in [-0.05, 0) is 68.7 Å². The predicted octanol–water partition coefficient (Wildman–Crippen LogP) is 5.47. The number of benzene rings is 2. The Bertz CT molecular complexity index is 1390. The van der Waals surface area contributed by atoms with Crippen LogP contribution in [0.5, 0.6) is 0 Å². The molecule has 1 aromatic heterocycles. The molecule has 0 unspecified atom stereocenters. The van der Waals surface area contributed by atoms with Crippen LogP contribution in [0.15, 0.2) is 60.7 Å². The molecule has 0 spiro atoms. The highest BCUT2D eigenvalue weighted by molar-refractivity contribution is 5.97. The Morgan fingerprint density at radius 3 is 2.27 bits per heavy atom. The first-order valence-electron chi connectivity index (χ1n) is 13.5. The largest absolute Gasteiger partial charge is 0.460 e. The number of esters is 1. The van der Waals surface area contributed by atoms with Gasteiger partial charge in [-0.15, -0.1) is 0 Å². The van der Waals surface area contributed by atoms with Gasteiger partial charge in [-0.2, -0.15) is 5.10 Å². The van der Waals surface area contributed by atoms with Crippen molar-refractivity contribution in [2.75, 3.05) is 7.05 Å². The van der Waals surface area contributed by atoms with E-state index in [0.29, 0.717) is 23.5 Å². The molecule has 0 saturated heterocycles. The Morgan fingerprint density at radius 2 is 1.68 bits per heavy atom. The van der Waals surface area contributed by atoms with E-state index >= 15 is 0 Å². The van der Waals surface area contributed by atoms with Gasteiger partial charge < -0.3 is 14.7 Å². The summed E-state index contributed by atoms with van der Waals surface area (Å²) >= 11 is 0. The van der Waals surface area contributed by atoms with Gasteiger partial charge in [0.15, 0.2) is 11.5 Å². The number of allylic oxidation sites excluding steroid dienone is 1. The lowest BCUT2D eigenvalue weighted by atomic mass is 9.98. The molecule has 0 saturated carbocycles. The fourth-order valence-electron chi connectivity index (χ4n) is 4.34. The van der Waals surface area contributed by atoms with Crippen molar-refractivity contribution in [3.63, 3.8) is 0 Å². The molecule has 0 bridgehead atoms. The number of ether oxygens (including phenoxy) is 1. The normalized spacial score (nSPS) is 12.5. The zero-order valence-electron chi connectivity index (χ0n) is 24.4. The molecule has 0 aliphatic carbocycles. The van der Waals surface area contributed by atoms with E-state index in [1.54, 1.807) is 38.8 Å². The highest BCUT2D eigenvalue weighted by atomic mass is 19.1. The highest BCUT2D eigenvalue weighted by Gasteiger charge is 2.27. The van der Waals surface area contributed by atoms with E-state index in [9.17, 15) is 23.9 Å². The molecule has 2 aromatic carbocycles. The van der Waals surface area contributed by atoms with Gasteiger partial charge >= 0.3 is 5.97 Å². The van der Waals surface area contributed by atoms with E-state index < -0.39 is 29.3 Å². The van der Waals surface area contributed by atoms with Crippen molar-refractivity contribution >= 4 is 23.7 Å². The molecule has 9 heteroatoms. The average Bonchev–Trinajstić information content (AvgIpc) is 3.26. The fourth-order valence-corrected chi connectivity index (χ4v) is 4.34. The van der Waals surface area contributed by atoms with Gasteiger partial charge in [-0.1, -0.05) is 44.2 Å². The van der Waals surface area contributed by atoms with Gasteiger partial charge in [-0.3, -0.25) is 14.4 Å².